The third-order valence-corrected chi connectivity index (χ3v) is 4.69. The second kappa shape index (κ2) is 7.57. The summed E-state index contributed by atoms with van der Waals surface area (Å²) in [7, 11) is 0. The second-order valence-electron chi connectivity index (χ2n) is 5.87. The third kappa shape index (κ3) is 4.02. The fourth-order valence-electron chi connectivity index (χ4n) is 2.62. The zero-order chi connectivity index (χ0) is 18.7. The molecule has 0 radical (unpaired) electrons. The van der Waals surface area contributed by atoms with Crippen LogP contribution in [0.15, 0.2) is 36.5 Å². The SMILES string of the molecule is Cc1cc(C)n2ncc(C(=O)Nc3cccc(CSCC(=O)O)c3)c2n1. The van der Waals surface area contributed by atoms with Gasteiger partial charge in [0.15, 0.2) is 5.65 Å². The number of rotatable bonds is 6. The molecule has 0 aliphatic rings. The number of anilines is 1. The van der Waals surface area contributed by atoms with Crippen LogP contribution in [-0.4, -0.2) is 37.3 Å². The van der Waals surface area contributed by atoms with Crippen LogP contribution >= 0.6 is 11.8 Å². The van der Waals surface area contributed by atoms with Gasteiger partial charge >= 0.3 is 5.97 Å². The number of thioether (sulfide) groups is 1. The summed E-state index contributed by atoms with van der Waals surface area (Å²) < 4.78 is 1.64. The number of carbonyl (C=O) groups is 2. The molecule has 2 heterocycles. The molecule has 0 unspecified atom stereocenters. The minimum atomic E-state index is -0.842. The number of aromatic nitrogens is 3. The molecular weight excluding hydrogens is 352 g/mol. The number of hydrogen-bond donors (Lipinski definition) is 2. The van der Waals surface area contributed by atoms with Crippen LogP contribution < -0.4 is 5.32 Å². The smallest absolute Gasteiger partial charge is 0.313 e. The van der Waals surface area contributed by atoms with E-state index >= 15 is 0 Å². The Balaban J connectivity index is 1.77. The number of fused-ring (bicyclic) bond motifs is 1. The van der Waals surface area contributed by atoms with Gasteiger partial charge in [-0.1, -0.05) is 12.1 Å². The lowest BCUT2D eigenvalue weighted by molar-refractivity contribution is -0.133. The second-order valence-corrected chi connectivity index (χ2v) is 6.86. The number of benzene rings is 1. The first-order valence-electron chi connectivity index (χ1n) is 7.96. The number of carboxylic acid groups (broad SMARTS) is 1. The molecule has 0 saturated carbocycles. The first-order valence-corrected chi connectivity index (χ1v) is 9.11. The minimum absolute atomic E-state index is 0.0450. The van der Waals surface area contributed by atoms with E-state index in [9.17, 15) is 9.59 Å². The Morgan fingerprint density at radius 3 is 2.85 bits per heavy atom. The zero-order valence-corrected chi connectivity index (χ0v) is 15.2. The number of amides is 1. The van der Waals surface area contributed by atoms with Gasteiger partial charge in [-0.25, -0.2) is 9.50 Å². The Morgan fingerprint density at radius 1 is 1.27 bits per heavy atom. The molecule has 2 aromatic heterocycles. The van der Waals surface area contributed by atoms with Gasteiger partial charge in [-0.05, 0) is 37.6 Å². The van der Waals surface area contributed by atoms with Crippen molar-refractivity contribution in [1.82, 2.24) is 14.6 Å². The summed E-state index contributed by atoms with van der Waals surface area (Å²) in [4.78, 5) is 27.7. The summed E-state index contributed by atoms with van der Waals surface area (Å²) in [5.74, 6) is -0.519. The van der Waals surface area contributed by atoms with Crippen LogP contribution in [0.25, 0.3) is 5.65 Å². The summed E-state index contributed by atoms with van der Waals surface area (Å²) in [6.07, 6.45) is 1.51. The van der Waals surface area contributed by atoms with Crippen LogP contribution in [0.1, 0.15) is 27.3 Å². The minimum Gasteiger partial charge on any atom is -0.481 e. The van der Waals surface area contributed by atoms with Crippen molar-refractivity contribution < 1.29 is 14.7 Å². The number of carbonyl (C=O) groups excluding carboxylic acids is 1. The summed E-state index contributed by atoms with van der Waals surface area (Å²) in [6.45, 7) is 3.79. The van der Waals surface area contributed by atoms with Crippen molar-refractivity contribution in [2.24, 2.45) is 0 Å². The molecule has 3 aromatic rings. The number of hydrogen-bond acceptors (Lipinski definition) is 5. The molecule has 3 rings (SSSR count). The molecular formula is C18H18N4O3S. The van der Waals surface area contributed by atoms with E-state index < -0.39 is 5.97 Å². The number of nitrogens with zero attached hydrogens (tertiary/aromatic N) is 3. The lowest BCUT2D eigenvalue weighted by atomic mass is 10.2. The van der Waals surface area contributed by atoms with Gasteiger partial charge in [0.25, 0.3) is 5.91 Å². The summed E-state index contributed by atoms with van der Waals surface area (Å²) >= 11 is 1.31. The van der Waals surface area contributed by atoms with Crippen molar-refractivity contribution in [3.63, 3.8) is 0 Å². The molecule has 0 aliphatic heterocycles. The molecule has 0 saturated heterocycles. The molecule has 0 aliphatic carbocycles. The quantitative estimate of drug-likeness (QED) is 0.692. The van der Waals surface area contributed by atoms with Gasteiger partial charge < -0.3 is 10.4 Å². The van der Waals surface area contributed by atoms with Crippen LogP contribution in [0.5, 0.6) is 0 Å². The highest BCUT2D eigenvalue weighted by atomic mass is 32.2. The van der Waals surface area contributed by atoms with E-state index in [1.54, 1.807) is 10.6 Å². The molecule has 0 fully saturated rings. The van der Waals surface area contributed by atoms with Gasteiger partial charge in [0, 0.05) is 22.8 Å². The molecule has 1 aromatic carbocycles. The van der Waals surface area contributed by atoms with Crippen LogP contribution in [0.2, 0.25) is 0 Å². The van der Waals surface area contributed by atoms with E-state index in [4.69, 9.17) is 5.11 Å². The monoisotopic (exact) mass is 370 g/mol. The predicted octanol–water partition coefficient (Wildman–Crippen LogP) is 2.92. The highest BCUT2D eigenvalue weighted by Crippen LogP contribution is 2.18. The van der Waals surface area contributed by atoms with E-state index in [-0.39, 0.29) is 11.7 Å². The number of aliphatic carboxylic acids is 1. The summed E-state index contributed by atoms with van der Waals surface area (Å²) in [5.41, 5.74) is 4.24. The van der Waals surface area contributed by atoms with Gasteiger partial charge in [-0.3, -0.25) is 9.59 Å². The van der Waals surface area contributed by atoms with Crippen molar-refractivity contribution >= 4 is 35.0 Å². The predicted molar refractivity (Wildman–Crippen MR) is 101 cm³/mol. The summed E-state index contributed by atoms with van der Waals surface area (Å²) in [5, 5.41) is 15.8. The lowest BCUT2D eigenvalue weighted by Gasteiger charge is -2.07. The Labute approximate surface area is 154 Å². The molecule has 7 nitrogen and oxygen atoms in total. The highest BCUT2D eigenvalue weighted by Gasteiger charge is 2.15. The van der Waals surface area contributed by atoms with E-state index in [0.717, 1.165) is 17.0 Å². The van der Waals surface area contributed by atoms with Crippen LogP contribution in [0.4, 0.5) is 5.69 Å². The maximum Gasteiger partial charge on any atom is 0.313 e. The van der Waals surface area contributed by atoms with Crippen LogP contribution in [0.3, 0.4) is 0 Å². The van der Waals surface area contributed by atoms with E-state index in [0.29, 0.717) is 22.7 Å². The molecule has 0 spiro atoms. The van der Waals surface area contributed by atoms with Gasteiger partial charge in [0.05, 0.1) is 11.9 Å². The molecule has 0 bridgehead atoms. The molecule has 26 heavy (non-hydrogen) atoms. The van der Waals surface area contributed by atoms with Crippen molar-refractivity contribution in [3.8, 4) is 0 Å². The molecule has 1 amide bonds. The normalized spacial score (nSPS) is 10.8. The Morgan fingerprint density at radius 2 is 2.08 bits per heavy atom. The van der Waals surface area contributed by atoms with Crippen molar-refractivity contribution in [1.29, 1.82) is 0 Å². The fraction of sp³-hybridized carbons (Fsp3) is 0.222. The first-order chi connectivity index (χ1) is 12.4. The summed E-state index contributed by atoms with van der Waals surface area (Å²) in [6, 6.07) is 9.25. The lowest BCUT2D eigenvalue weighted by Crippen LogP contribution is -2.12. The average Bonchev–Trinajstić information content (AvgIpc) is 2.99. The Kier molecular flexibility index (Phi) is 5.22. The third-order valence-electron chi connectivity index (χ3n) is 3.70. The van der Waals surface area contributed by atoms with Crippen molar-refractivity contribution in [3.05, 3.63) is 59.0 Å². The Hall–Kier alpha value is -2.87. The van der Waals surface area contributed by atoms with E-state index in [2.05, 4.69) is 15.4 Å². The number of aryl methyl sites for hydroxylation is 2. The molecule has 134 valence electrons. The number of carboxylic acids is 1. The zero-order valence-electron chi connectivity index (χ0n) is 14.4. The average molecular weight is 370 g/mol. The van der Waals surface area contributed by atoms with Gasteiger partial charge in [-0.15, -0.1) is 11.8 Å². The van der Waals surface area contributed by atoms with Gasteiger partial charge in [0.1, 0.15) is 5.56 Å². The number of nitrogens with one attached hydrogen (secondary N) is 1. The maximum absolute atomic E-state index is 12.6. The maximum atomic E-state index is 12.6. The van der Waals surface area contributed by atoms with E-state index in [1.807, 2.05) is 38.1 Å². The van der Waals surface area contributed by atoms with Crippen LogP contribution in [-0.2, 0) is 10.5 Å². The highest BCUT2D eigenvalue weighted by molar-refractivity contribution is 7.99. The Bertz CT molecular complexity index is 984. The largest absolute Gasteiger partial charge is 0.481 e. The molecule has 0 atom stereocenters. The first kappa shape index (κ1) is 17.9. The molecule has 2 N–H and O–H groups in total. The van der Waals surface area contributed by atoms with Crippen molar-refractivity contribution in [2.45, 2.75) is 19.6 Å². The fourth-order valence-corrected chi connectivity index (χ4v) is 3.32. The van der Waals surface area contributed by atoms with Gasteiger partial charge in [0.2, 0.25) is 0 Å². The standard InChI is InChI=1S/C18H18N4O3S/c1-11-6-12(2)22-17(20-11)15(8-19-22)18(25)21-14-5-3-4-13(7-14)9-26-10-16(23)24/h3-8H,9-10H2,1-2H3,(H,21,25)(H,23,24). The van der Waals surface area contributed by atoms with Gasteiger partial charge in [-0.2, -0.15) is 5.10 Å². The van der Waals surface area contributed by atoms with E-state index in [1.165, 1.54) is 18.0 Å². The molecule has 8 heteroatoms. The van der Waals surface area contributed by atoms with Crippen LogP contribution in [0, 0.1) is 13.8 Å². The topological polar surface area (TPSA) is 96.6 Å². The van der Waals surface area contributed by atoms with Crippen molar-refractivity contribution in [2.75, 3.05) is 11.1 Å².